The Bertz CT molecular complexity index is 143. The lowest BCUT2D eigenvalue weighted by Crippen LogP contribution is -2.29. The molecule has 0 aliphatic rings. The Kier molecular flexibility index (Phi) is 5.55. The van der Waals surface area contributed by atoms with E-state index in [-0.39, 0.29) is 5.97 Å². The average molecular weight is 237 g/mol. The van der Waals surface area contributed by atoms with Crippen LogP contribution in [0.2, 0.25) is 0 Å². The molecule has 0 rings (SSSR count). The summed E-state index contributed by atoms with van der Waals surface area (Å²) in [7, 11) is 0. The molecule has 2 nitrogen and oxygen atoms in total. The number of ether oxygens (including phenoxy) is 1. The number of carbonyl (C=O) groups excluding carboxylic acids is 1. The summed E-state index contributed by atoms with van der Waals surface area (Å²) in [5.74, 6) is -0.154. The van der Waals surface area contributed by atoms with Crippen molar-refractivity contribution >= 4 is 21.9 Å². The number of hydrogen-bond donors (Lipinski definition) is 0. The summed E-state index contributed by atoms with van der Waals surface area (Å²) in [4.78, 5) is 11.3. The molecular formula is C9H17BrO2. The lowest BCUT2D eigenvalue weighted by molar-refractivity contribution is -0.146. The number of alkyl halides is 1. The van der Waals surface area contributed by atoms with E-state index in [9.17, 15) is 4.79 Å². The minimum absolute atomic E-state index is 0.154. The van der Waals surface area contributed by atoms with Crippen molar-refractivity contribution in [3.8, 4) is 0 Å². The molecule has 1 unspecified atom stereocenters. The molecule has 0 N–H and O–H groups in total. The Morgan fingerprint density at radius 1 is 1.50 bits per heavy atom. The minimum Gasteiger partial charge on any atom is -0.465 e. The Morgan fingerprint density at radius 3 is 2.50 bits per heavy atom. The van der Waals surface area contributed by atoms with Gasteiger partial charge in [0.1, 0.15) is 4.32 Å². The summed E-state index contributed by atoms with van der Waals surface area (Å²) in [6.07, 6.45) is 2.74. The quantitative estimate of drug-likeness (QED) is 0.417. The van der Waals surface area contributed by atoms with Gasteiger partial charge in [0.15, 0.2) is 0 Å². The van der Waals surface area contributed by atoms with Crippen LogP contribution in [0.1, 0.15) is 40.0 Å². The van der Waals surface area contributed by atoms with Crippen LogP contribution in [0.4, 0.5) is 0 Å². The summed E-state index contributed by atoms with van der Waals surface area (Å²) in [6.45, 7) is 6.40. The van der Waals surface area contributed by atoms with Gasteiger partial charge in [0.2, 0.25) is 0 Å². The first-order valence-corrected chi connectivity index (χ1v) is 5.20. The maximum Gasteiger partial charge on any atom is 0.322 e. The first-order chi connectivity index (χ1) is 5.54. The first kappa shape index (κ1) is 11.9. The molecule has 1 atom stereocenters. The molecule has 0 aromatic heterocycles. The lowest BCUT2D eigenvalue weighted by Gasteiger charge is -2.17. The SMILES string of the molecule is CCCCOC(=O)C(C)(Br)CC. The largest absolute Gasteiger partial charge is 0.465 e. The molecule has 0 aliphatic heterocycles. The molecule has 3 heteroatoms. The van der Waals surface area contributed by atoms with E-state index in [1.807, 2.05) is 13.8 Å². The fraction of sp³-hybridized carbons (Fsp3) is 0.889. The maximum absolute atomic E-state index is 11.3. The van der Waals surface area contributed by atoms with Gasteiger partial charge >= 0.3 is 5.97 Å². The number of halogens is 1. The third-order valence-corrected chi connectivity index (χ3v) is 2.71. The van der Waals surface area contributed by atoms with Crippen molar-refractivity contribution in [1.82, 2.24) is 0 Å². The highest BCUT2D eigenvalue weighted by molar-refractivity contribution is 9.10. The molecule has 0 aliphatic carbocycles. The van der Waals surface area contributed by atoms with Crippen LogP contribution in [0, 0.1) is 0 Å². The molecule has 0 aromatic rings. The summed E-state index contributed by atoms with van der Waals surface area (Å²) in [6, 6.07) is 0. The van der Waals surface area contributed by atoms with Gasteiger partial charge in [-0.2, -0.15) is 0 Å². The molecule has 12 heavy (non-hydrogen) atoms. The molecule has 0 saturated heterocycles. The summed E-state index contributed by atoms with van der Waals surface area (Å²) in [5.41, 5.74) is 0. The molecule has 0 spiro atoms. The van der Waals surface area contributed by atoms with E-state index in [1.54, 1.807) is 0 Å². The number of unbranched alkanes of at least 4 members (excludes halogenated alkanes) is 1. The van der Waals surface area contributed by atoms with Crippen LogP contribution in [-0.4, -0.2) is 16.9 Å². The zero-order valence-corrected chi connectivity index (χ0v) is 9.61. The van der Waals surface area contributed by atoms with Gasteiger partial charge < -0.3 is 4.74 Å². The van der Waals surface area contributed by atoms with Gasteiger partial charge in [-0.1, -0.05) is 36.2 Å². The number of esters is 1. The van der Waals surface area contributed by atoms with E-state index in [2.05, 4.69) is 22.9 Å². The fourth-order valence-corrected chi connectivity index (χ4v) is 0.718. The highest BCUT2D eigenvalue weighted by Crippen LogP contribution is 2.22. The van der Waals surface area contributed by atoms with Crippen LogP contribution in [0.25, 0.3) is 0 Å². The standard InChI is InChI=1S/C9H17BrO2/c1-4-6-7-12-8(11)9(3,10)5-2/h4-7H2,1-3H3. The van der Waals surface area contributed by atoms with Crippen LogP contribution in [-0.2, 0) is 9.53 Å². The van der Waals surface area contributed by atoms with Crippen molar-refractivity contribution < 1.29 is 9.53 Å². The van der Waals surface area contributed by atoms with E-state index < -0.39 is 4.32 Å². The zero-order valence-electron chi connectivity index (χ0n) is 8.02. The first-order valence-electron chi connectivity index (χ1n) is 4.40. The molecule has 0 fully saturated rings. The van der Waals surface area contributed by atoms with E-state index in [0.29, 0.717) is 6.61 Å². The molecular weight excluding hydrogens is 220 g/mol. The van der Waals surface area contributed by atoms with Gasteiger partial charge in [-0.3, -0.25) is 4.79 Å². The molecule has 0 radical (unpaired) electrons. The Hall–Kier alpha value is -0.0500. The van der Waals surface area contributed by atoms with Crippen molar-refractivity contribution in [3.05, 3.63) is 0 Å². The van der Waals surface area contributed by atoms with Gasteiger partial charge in [0.05, 0.1) is 6.61 Å². The Balaban J connectivity index is 3.72. The highest BCUT2D eigenvalue weighted by Gasteiger charge is 2.29. The normalized spacial score (nSPS) is 15.3. The molecule has 0 aromatic carbocycles. The van der Waals surface area contributed by atoms with Crippen LogP contribution in [0.3, 0.4) is 0 Å². The molecule has 72 valence electrons. The van der Waals surface area contributed by atoms with Crippen molar-refractivity contribution in [2.45, 2.75) is 44.4 Å². The second kappa shape index (κ2) is 5.57. The van der Waals surface area contributed by atoms with Gasteiger partial charge in [-0.05, 0) is 19.8 Å². The minimum atomic E-state index is -0.499. The number of hydrogen-bond acceptors (Lipinski definition) is 2. The predicted molar refractivity (Wildman–Crippen MR) is 53.5 cm³/mol. The Labute approximate surface area is 82.8 Å². The smallest absolute Gasteiger partial charge is 0.322 e. The van der Waals surface area contributed by atoms with Crippen molar-refractivity contribution in [2.24, 2.45) is 0 Å². The van der Waals surface area contributed by atoms with Crippen molar-refractivity contribution in [1.29, 1.82) is 0 Å². The van der Waals surface area contributed by atoms with Crippen molar-refractivity contribution in [2.75, 3.05) is 6.61 Å². The molecule has 0 amide bonds. The van der Waals surface area contributed by atoms with Gasteiger partial charge in [-0.15, -0.1) is 0 Å². The van der Waals surface area contributed by atoms with Crippen LogP contribution < -0.4 is 0 Å². The summed E-state index contributed by atoms with van der Waals surface area (Å²) >= 11 is 3.32. The average Bonchev–Trinajstić information content (AvgIpc) is 2.05. The molecule has 0 heterocycles. The maximum atomic E-state index is 11.3. The monoisotopic (exact) mass is 236 g/mol. The van der Waals surface area contributed by atoms with Gasteiger partial charge in [-0.25, -0.2) is 0 Å². The highest BCUT2D eigenvalue weighted by atomic mass is 79.9. The number of rotatable bonds is 5. The zero-order chi connectivity index (χ0) is 9.61. The summed E-state index contributed by atoms with van der Waals surface area (Å²) < 4.78 is 4.55. The topological polar surface area (TPSA) is 26.3 Å². The molecule has 0 saturated carbocycles. The lowest BCUT2D eigenvalue weighted by atomic mass is 10.1. The predicted octanol–water partition coefficient (Wildman–Crippen LogP) is 2.89. The second-order valence-corrected chi connectivity index (χ2v) is 4.79. The third-order valence-electron chi connectivity index (χ3n) is 1.82. The van der Waals surface area contributed by atoms with E-state index in [0.717, 1.165) is 19.3 Å². The third kappa shape index (κ3) is 4.10. The number of carbonyl (C=O) groups is 1. The van der Waals surface area contributed by atoms with Crippen LogP contribution >= 0.6 is 15.9 Å². The van der Waals surface area contributed by atoms with Crippen LogP contribution in [0.15, 0.2) is 0 Å². The summed E-state index contributed by atoms with van der Waals surface area (Å²) in [5, 5.41) is 0. The van der Waals surface area contributed by atoms with Crippen molar-refractivity contribution in [3.63, 3.8) is 0 Å². The molecule has 0 bridgehead atoms. The van der Waals surface area contributed by atoms with Crippen LogP contribution in [0.5, 0.6) is 0 Å². The fourth-order valence-electron chi connectivity index (χ4n) is 0.604. The van der Waals surface area contributed by atoms with E-state index in [1.165, 1.54) is 0 Å². The van der Waals surface area contributed by atoms with E-state index >= 15 is 0 Å². The Morgan fingerprint density at radius 2 is 2.08 bits per heavy atom. The van der Waals surface area contributed by atoms with Gasteiger partial charge in [0.25, 0.3) is 0 Å². The van der Waals surface area contributed by atoms with Gasteiger partial charge in [0, 0.05) is 0 Å². The van der Waals surface area contributed by atoms with E-state index in [4.69, 9.17) is 4.74 Å². The second-order valence-electron chi connectivity index (χ2n) is 3.04.